The quantitative estimate of drug-likeness (QED) is 0.885. The zero-order valence-electron chi connectivity index (χ0n) is 12.4. The van der Waals surface area contributed by atoms with Crippen molar-refractivity contribution in [1.29, 1.82) is 0 Å². The molecule has 0 saturated heterocycles. The van der Waals surface area contributed by atoms with Crippen LogP contribution in [0.5, 0.6) is 0 Å². The summed E-state index contributed by atoms with van der Waals surface area (Å²) in [5.74, 6) is -0.309. The average Bonchev–Trinajstić information content (AvgIpc) is 2.28. The minimum Gasteiger partial charge on any atom is -0.480 e. The molecule has 0 aliphatic carbocycles. The van der Waals surface area contributed by atoms with Crippen molar-refractivity contribution in [2.75, 3.05) is 4.90 Å². The molecule has 3 heteroatoms. The number of hydrogen-bond donors (Lipinski definition) is 1. The second-order valence-corrected chi connectivity index (χ2v) is 6.36. The number of hydrogen-bond acceptors (Lipinski definition) is 2. The molecular formula is C16H23NO2. The number of anilines is 1. The van der Waals surface area contributed by atoms with E-state index in [9.17, 15) is 9.90 Å². The fraction of sp³-hybridized carbons (Fsp3) is 0.562. The maximum absolute atomic E-state index is 11.4. The highest BCUT2D eigenvalue weighted by Crippen LogP contribution is 2.44. The van der Waals surface area contributed by atoms with Gasteiger partial charge < -0.3 is 10.0 Å². The Morgan fingerprint density at radius 2 is 2.11 bits per heavy atom. The zero-order chi connectivity index (χ0) is 14.4. The van der Waals surface area contributed by atoms with Gasteiger partial charge in [-0.15, -0.1) is 0 Å². The molecule has 1 heterocycles. The predicted molar refractivity (Wildman–Crippen MR) is 77.9 cm³/mol. The summed E-state index contributed by atoms with van der Waals surface area (Å²) in [4.78, 5) is 13.5. The Balaban J connectivity index is 2.58. The molecule has 0 unspecified atom stereocenters. The van der Waals surface area contributed by atoms with E-state index in [0.717, 1.165) is 12.1 Å². The molecule has 0 bridgehead atoms. The number of carboxylic acids is 1. The van der Waals surface area contributed by atoms with Crippen molar-refractivity contribution in [3.05, 3.63) is 29.3 Å². The number of rotatable bonds is 2. The molecule has 2 atom stereocenters. The molecule has 1 aliphatic rings. The van der Waals surface area contributed by atoms with E-state index >= 15 is 0 Å². The van der Waals surface area contributed by atoms with Crippen LogP contribution >= 0.6 is 0 Å². The summed E-state index contributed by atoms with van der Waals surface area (Å²) in [5, 5.41) is 9.37. The topological polar surface area (TPSA) is 40.5 Å². The third-order valence-electron chi connectivity index (χ3n) is 4.18. The lowest BCUT2D eigenvalue weighted by Crippen LogP contribution is -2.55. The molecule has 0 radical (unpaired) electrons. The minimum absolute atomic E-state index is 0.139. The smallest absolute Gasteiger partial charge is 0.326 e. The normalized spacial score (nSPS) is 22.8. The molecule has 3 nitrogen and oxygen atoms in total. The van der Waals surface area contributed by atoms with Gasteiger partial charge in [-0.2, -0.15) is 0 Å². The average molecular weight is 261 g/mol. The van der Waals surface area contributed by atoms with Crippen LogP contribution in [0.2, 0.25) is 0 Å². The maximum atomic E-state index is 11.4. The van der Waals surface area contributed by atoms with Crippen LogP contribution in [0.25, 0.3) is 0 Å². The molecule has 2 rings (SSSR count). The number of benzene rings is 1. The van der Waals surface area contributed by atoms with E-state index in [-0.39, 0.29) is 5.54 Å². The number of nitrogens with zero attached hydrogens (tertiary/aromatic N) is 1. The van der Waals surface area contributed by atoms with Crippen molar-refractivity contribution < 1.29 is 9.90 Å². The van der Waals surface area contributed by atoms with Crippen molar-refractivity contribution >= 4 is 11.7 Å². The van der Waals surface area contributed by atoms with Gasteiger partial charge in [0.1, 0.15) is 6.04 Å². The lowest BCUT2D eigenvalue weighted by Gasteiger charge is -2.49. The summed E-state index contributed by atoms with van der Waals surface area (Å²) in [6, 6.07) is 5.82. The van der Waals surface area contributed by atoms with Gasteiger partial charge in [-0.25, -0.2) is 4.79 Å². The first-order valence-corrected chi connectivity index (χ1v) is 6.87. The first-order valence-electron chi connectivity index (χ1n) is 6.87. The molecule has 1 aromatic rings. The van der Waals surface area contributed by atoms with E-state index < -0.39 is 12.0 Å². The Bertz CT molecular complexity index is 507. The van der Waals surface area contributed by atoms with Crippen LogP contribution in [0.1, 0.15) is 51.2 Å². The van der Waals surface area contributed by atoms with E-state index in [4.69, 9.17) is 0 Å². The van der Waals surface area contributed by atoms with Gasteiger partial charge in [0.25, 0.3) is 0 Å². The molecule has 0 fully saturated rings. The van der Waals surface area contributed by atoms with Crippen LogP contribution in [0.4, 0.5) is 5.69 Å². The molecule has 0 saturated carbocycles. The molecular weight excluding hydrogens is 238 g/mol. The Labute approximate surface area is 115 Å². The van der Waals surface area contributed by atoms with Crippen LogP contribution in [0.3, 0.4) is 0 Å². The van der Waals surface area contributed by atoms with Crippen LogP contribution in [-0.2, 0) is 4.79 Å². The third kappa shape index (κ3) is 2.34. The van der Waals surface area contributed by atoms with Crippen LogP contribution in [0, 0.1) is 6.92 Å². The third-order valence-corrected chi connectivity index (χ3v) is 4.18. The van der Waals surface area contributed by atoms with Crippen LogP contribution < -0.4 is 4.90 Å². The second-order valence-electron chi connectivity index (χ2n) is 6.36. The van der Waals surface area contributed by atoms with Crippen LogP contribution in [-0.4, -0.2) is 22.7 Å². The molecule has 19 heavy (non-hydrogen) atoms. The lowest BCUT2D eigenvalue weighted by molar-refractivity contribution is -0.138. The summed E-state index contributed by atoms with van der Waals surface area (Å²) in [7, 11) is 0. The SMILES string of the molecule is Cc1ccc2c(c1)[C@H](C)CC(C)(C)N2[C@@H](C)C(=O)O. The Kier molecular flexibility index (Phi) is 3.33. The van der Waals surface area contributed by atoms with Crippen molar-refractivity contribution in [3.63, 3.8) is 0 Å². The number of aryl methyl sites for hydroxylation is 1. The fourth-order valence-electron chi connectivity index (χ4n) is 3.42. The van der Waals surface area contributed by atoms with Crippen LogP contribution in [0.15, 0.2) is 18.2 Å². The highest BCUT2D eigenvalue weighted by molar-refractivity contribution is 5.79. The van der Waals surface area contributed by atoms with Gasteiger partial charge in [-0.05, 0) is 51.7 Å². The van der Waals surface area contributed by atoms with Crippen molar-refractivity contribution in [2.45, 2.75) is 58.5 Å². The Morgan fingerprint density at radius 3 is 2.68 bits per heavy atom. The molecule has 1 aliphatic heterocycles. The van der Waals surface area contributed by atoms with Crippen molar-refractivity contribution in [2.24, 2.45) is 0 Å². The molecule has 1 N–H and O–H groups in total. The lowest BCUT2D eigenvalue weighted by atomic mass is 9.79. The minimum atomic E-state index is -0.769. The highest BCUT2D eigenvalue weighted by atomic mass is 16.4. The number of aliphatic carboxylic acids is 1. The Morgan fingerprint density at radius 1 is 1.47 bits per heavy atom. The molecule has 104 valence electrons. The first kappa shape index (κ1) is 13.9. The summed E-state index contributed by atoms with van der Waals surface area (Å²) in [6.45, 7) is 10.3. The number of carboxylic acid groups (broad SMARTS) is 1. The largest absolute Gasteiger partial charge is 0.480 e. The monoisotopic (exact) mass is 261 g/mol. The van der Waals surface area contributed by atoms with Gasteiger partial charge >= 0.3 is 5.97 Å². The van der Waals surface area contributed by atoms with E-state index in [2.05, 4.69) is 50.8 Å². The van der Waals surface area contributed by atoms with Gasteiger partial charge in [-0.3, -0.25) is 0 Å². The molecule has 1 aromatic carbocycles. The van der Waals surface area contributed by atoms with E-state index in [1.54, 1.807) is 6.92 Å². The van der Waals surface area contributed by atoms with Gasteiger partial charge in [0.15, 0.2) is 0 Å². The Hall–Kier alpha value is -1.51. The van der Waals surface area contributed by atoms with Gasteiger partial charge in [0.2, 0.25) is 0 Å². The van der Waals surface area contributed by atoms with Gasteiger partial charge in [0, 0.05) is 11.2 Å². The molecule has 0 aromatic heterocycles. The highest BCUT2D eigenvalue weighted by Gasteiger charge is 2.40. The van der Waals surface area contributed by atoms with Gasteiger partial charge in [0.05, 0.1) is 0 Å². The predicted octanol–water partition coefficient (Wildman–Crippen LogP) is 3.56. The van der Waals surface area contributed by atoms with Gasteiger partial charge in [-0.1, -0.05) is 24.6 Å². The van der Waals surface area contributed by atoms with E-state index in [0.29, 0.717) is 5.92 Å². The summed E-state index contributed by atoms with van der Waals surface area (Å²) in [6.07, 6.45) is 0.973. The number of fused-ring (bicyclic) bond motifs is 1. The van der Waals surface area contributed by atoms with E-state index in [1.807, 2.05) is 0 Å². The van der Waals surface area contributed by atoms with E-state index in [1.165, 1.54) is 11.1 Å². The maximum Gasteiger partial charge on any atom is 0.326 e. The second kappa shape index (κ2) is 4.55. The molecule has 0 amide bonds. The first-order chi connectivity index (χ1) is 8.74. The summed E-state index contributed by atoms with van der Waals surface area (Å²) < 4.78 is 0. The van der Waals surface area contributed by atoms with Crippen molar-refractivity contribution in [3.8, 4) is 0 Å². The summed E-state index contributed by atoms with van der Waals surface area (Å²) >= 11 is 0. The standard InChI is InChI=1S/C16H23NO2/c1-10-6-7-14-13(8-10)11(2)9-16(4,5)17(14)12(3)15(18)19/h6-8,11-12H,9H2,1-5H3,(H,18,19)/t11-,12+/m1/s1. The zero-order valence-corrected chi connectivity index (χ0v) is 12.4. The molecule has 0 spiro atoms. The fourth-order valence-corrected chi connectivity index (χ4v) is 3.42. The number of carbonyl (C=O) groups is 1. The van der Waals surface area contributed by atoms with Crippen molar-refractivity contribution in [1.82, 2.24) is 0 Å². The summed E-state index contributed by atoms with van der Waals surface area (Å²) in [5.41, 5.74) is 3.43.